The first-order valence-corrected chi connectivity index (χ1v) is 9.35. The average molecular weight is 397 g/mol. The summed E-state index contributed by atoms with van der Waals surface area (Å²) in [5, 5.41) is 8.13. The Labute approximate surface area is 170 Å². The van der Waals surface area contributed by atoms with Crippen molar-refractivity contribution in [2.24, 2.45) is 5.41 Å². The molecular weight excluding hydrogens is 370 g/mol. The van der Waals surface area contributed by atoms with E-state index in [2.05, 4.69) is 16.0 Å². The van der Waals surface area contributed by atoms with Crippen molar-refractivity contribution in [3.63, 3.8) is 0 Å². The van der Waals surface area contributed by atoms with Crippen LogP contribution in [0.1, 0.15) is 34.6 Å². The first-order valence-electron chi connectivity index (χ1n) is 9.35. The fourth-order valence-corrected chi connectivity index (χ4v) is 2.44. The third-order valence-electron chi connectivity index (χ3n) is 4.06. The SMILES string of the molecule is CC(=O)Nc1cccc(NC(=O)C(C)(C)C(=O)Nc2ccc(OC(C)C)cc2)c1. The minimum Gasteiger partial charge on any atom is -0.491 e. The molecule has 7 nitrogen and oxygen atoms in total. The second-order valence-electron chi connectivity index (χ2n) is 7.49. The minimum absolute atomic E-state index is 0.0576. The van der Waals surface area contributed by atoms with Crippen LogP contribution in [0.15, 0.2) is 48.5 Å². The molecule has 0 atom stereocenters. The summed E-state index contributed by atoms with van der Waals surface area (Å²) in [5.74, 6) is -0.410. The molecule has 0 radical (unpaired) electrons. The Balaban J connectivity index is 2.04. The van der Waals surface area contributed by atoms with E-state index in [0.717, 1.165) is 0 Å². The highest BCUT2D eigenvalue weighted by Gasteiger charge is 2.36. The molecule has 0 aromatic heterocycles. The summed E-state index contributed by atoms with van der Waals surface area (Å²) in [6.45, 7) is 8.36. The molecule has 3 N–H and O–H groups in total. The van der Waals surface area contributed by atoms with Crippen molar-refractivity contribution in [2.45, 2.75) is 40.7 Å². The summed E-state index contributed by atoms with van der Waals surface area (Å²) < 4.78 is 5.58. The molecule has 2 aromatic carbocycles. The number of anilines is 3. The van der Waals surface area contributed by atoms with Gasteiger partial charge >= 0.3 is 0 Å². The number of hydrogen-bond donors (Lipinski definition) is 3. The second kappa shape index (κ2) is 9.23. The monoisotopic (exact) mass is 397 g/mol. The highest BCUT2D eigenvalue weighted by Crippen LogP contribution is 2.24. The van der Waals surface area contributed by atoms with Gasteiger partial charge in [-0.2, -0.15) is 0 Å². The molecule has 2 rings (SSSR count). The third-order valence-corrected chi connectivity index (χ3v) is 4.06. The smallest absolute Gasteiger partial charge is 0.239 e. The van der Waals surface area contributed by atoms with E-state index in [4.69, 9.17) is 4.74 Å². The van der Waals surface area contributed by atoms with Crippen molar-refractivity contribution in [1.82, 2.24) is 0 Å². The second-order valence-corrected chi connectivity index (χ2v) is 7.49. The van der Waals surface area contributed by atoms with Crippen LogP contribution >= 0.6 is 0 Å². The summed E-state index contributed by atoms with van der Waals surface area (Å²) in [4.78, 5) is 36.6. The van der Waals surface area contributed by atoms with Crippen LogP contribution in [0, 0.1) is 5.41 Å². The van der Waals surface area contributed by atoms with Crippen molar-refractivity contribution in [3.8, 4) is 5.75 Å². The van der Waals surface area contributed by atoms with Gasteiger partial charge in [0.2, 0.25) is 17.7 Å². The summed E-state index contributed by atoms with van der Waals surface area (Å²) >= 11 is 0. The van der Waals surface area contributed by atoms with E-state index >= 15 is 0 Å². The number of carbonyl (C=O) groups is 3. The Kier molecular flexibility index (Phi) is 6.98. The van der Waals surface area contributed by atoms with E-state index in [9.17, 15) is 14.4 Å². The van der Waals surface area contributed by atoms with Crippen molar-refractivity contribution in [1.29, 1.82) is 0 Å². The molecule has 7 heteroatoms. The van der Waals surface area contributed by atoms with E-state index < -0.39 is 17.2 Å². The van der Waals surface area contributed by atoms with E-state index in [1.165, 1.54) is 6.92 Å². The first kappa shape index (κ1) is 21.9. The summed E-state index contributed by atoms with van der Waals surface area (Å²) in [7, 11) is 0. The summed E-state index contributed by atoms with van der Waals surface area (Å²) in [6, 6.07) is 13.7. The molecule has 0 fully saturated rings. The number of benzene rings is 2. The van der Waals surface area contributed by atoms with E-state index in [0.29, 0.717) is 22.8 Å². The molecule has 154 valence electrons. The maximum absolute atomic E-state index is 12.7. The van der Waals surface area contributed by atoms with Crippen molar-refractivity contribution < 1.29 is 19.1 Å². The molecule has 0 aliphatic rings. The van der Waals surface area contributed by atoms with Crippen LogP contribution < -0.4 is 20.7 Å². The average Bonchev–Trinajstić information content (AvgIpc) is 2.62. The molecule has 0 aliphatic heterocycles. The quantitative estimate of drug-likeness (QED) is 0.615. The molecular formula is C22H27N3O4. The zero-order valence-electron chi connectivity index (χ0n) is 17.3. The van der Waals surface area contributed by atoms with E-state index in [1.54, 1.807) is 62.4 Å². The standard InChI is InChI=1S/C22H27N3O4/c1-14(2)29-19-11-9-16(10-12-19)24-20(27)22(4,5)21(28)25-18-8-6-7-17(13-18)23-15(3)26/h6-14H,1-5H3,(H,23,26)(H,24,27)(H,25,28). The largest absolute Gasteiger partial charge is 0.491 e. The lowest BCUT2D eigenvalue weighted by molar-refractivity contribution is -0.135. The van der Waals surface area contributed by atoms with Gasteiger partial charge in [0.25, 0.3) is 0 Å². The molecule has 0 saturated carbocycles. The zero-order chi connectivity index (χ0) is 21.6. The third kappa shape index (κ3) is 6.34. The maximum atomic E-state index is 12.7. The predicted octanol–water partition coefficient (Wildman–Crippen LogP) is 4.04. The van der Waals surface area contributed by atoms with Crippen LogP contribution in [0.25, 0.3) is 0 Å². The molecule has 29 heavy (non-hydrogen) atoms. The van der Waals surface area contributed by atoms with Gasteiger partial charge in [-0.25, -0.2) is 0 Å². The van der Waals surface area contributed by atoms with Crippen LogP contribution in [-0.4, -0.2) is 23.8 Å². The van der Waals surface area contributed by atoms with Gasteiger partial charge in [0, 0.05) is 24.0 Å². The molecule has 3 amide bonds. The highest BCUT2D eigenvalue weighted by atomic mass is 16.5. The van der Waals surface area contributed by atoms with Gasteiger partial charge in [0.1, 0.15) is 11.2 Å². The van der Waals surface area contributed by atoms with Gasteiger partial charge in [-0.1, -0.05) is 6.07 Å². The first-order chi connectivity index (χ1) is 13.6. The molecule has 0 unspecified atom stereocenters. The molecule has 0 bridgehead atoms. The highest BCUT2D eigenvalue weighted by molar-refractivity contribution is 6.14. The molecule has 0 saturated heterocycles. The number of rotatable bonds is 7. The fourth-order valence-electron chi connectivity index (χ4n) is 2.44. The molecule has 0 aliphatic carbocycles. The number of nitrogens with one attached hydrogen (secondary N) is 3. The molecule has 0 heterocycles. The summed E-state index contributed by atoms with van der Waals surface area (Å²) in [5.41, 5.74) is 0.287. The number of carbonyl (C=O) groups excluding carboxylic acids is 3. The Morgan fingerprint density at radius 1 is 0.828 bits per heavy atom. The van der Waals surface area contributed by atoms with Crippen LogP contribution in [0.5, 0.6) is 5.75 Å². The van der Waals surface area contributed by atoms with Gasteiger partial charge in [0.05, 0.1) is 6.10 Å². The minimum atomic E-state index is -1.32. The fraction of sp³-hybridized carbons (Fsp3) is 0.318. The van der Waals surface area contributed by atoms with Gasteiger partial charge in [-0.15, -0.1) is 0 Å². The lowest BCUT2D eigenvalue weighted by atomic mass is 9.90. The van der Waals surface area contributed by atoms with Crippen LogP contribution in [0.2, 0.25) is 0 Å². The topological polar surface area (TPSA) is 96.5 Å². The van der Waals surface area contributed by atoms with Crippen molar-refractivity contribution >= 4 is 34.8 Å². The number of amides is 3. The van der Waals surface area contributed by atoms with E-state index in [1.807, 2.05) is 13.8 Å². The van der Waals surface area contributed by atoms with Crippen LogP contribution in [0.3, 0.4) is 0 Å². The Morgan fingerprint density at radius 2 is 1.34 bits per heavy atom. The van der Waals surface area contributed by atoms with Gasteiger partial charge in [0.15, 0.2) is 0 Å². The normalized spacial score (nSPS) is 11.0. The number of ether oxygens (including phenoxy) is 1. The Morgan fingerprint density at radius 3 is 1.86 bits per heavy atom. The number of hydrogen-bond acceptors (Lipinski definition) is 4. The van der Waals surface area contributed by atoms with Crippen molar-refractivity contribution in [2.75, 3.05) is 16.0 Å². The van der Waals surface area contributed by atoms with Crippen LogP contribution in [-0.2, 0) is 14.4 Å². The predicted molar refractivity (Wildman–Crippen MR) is 114 cm³/mol. The van der Waals surface area contributed by atoms with Crippen LogP contribution in [0.4, 0.5) is 17.1 Å². The Bertz CT molecular complexity index is 889. The zero-order valence-corrected chi connectivity index (χ0v) is 17.3. The van der Waals surface area contributed by atoms with Gasteiger partial charge in [-0.05, 0) is 70.2 Å². The Hall–Kier alpha value is -3.35. The molecule has 0 spiro atoms. The van der Waals surface area contributed by atoms with Gasteiger partial charge in [-0.3, -0.25) is 14.4 Å². The van der Waals surface area contributed by atoms with Crippen molar-refractivity contribution in [3.05, 3.63) is 48.5 Å². The maximum Gasteiger partial charge on any atom is 0.239 e. The lowest BCUT2D eigenvalue weighted by Gasteiger charge is -2.23. The van der Waals surface area contributed by atoms with Gasteiger partial charge < -0.3 is 20.7 Å². The van der Waals surface area contributed by atoms with E-state index in [-0.39, 0.29) is 12.0 Å². The molecule has 2 aromatic rings. The summed E-state index contributed by atoms with van der Waals surface area (Å²) in [6.07, 6.45) is 0.0576. The lowest BCUT2D eigenvalue weighted by Crippen LogP contribution is -2.41.